The highest BCUT2D eigenvalue weighted by molar-refractivity contribution is 6.00. The van der Waals surface area contributed by atoms with Gasteiger partial charge in [-0.05, 0) is 17.7 Å². The van der Waals surface area contributed by atoms with Crippen molar-refractivity contribution in [2.24, 2.45) is 5.41 Å². The Bertz CT molecular complexity index is 419. The molecule has 0 aromatic heterocycles. The van der Waals surface area contributed by atoms with Crippen LogP contribution in [0.1, 0.15) is 42.3 Å². The van der Waals surface area contributed by atoms with Crippen LogP contribution >= 0.6 is 0 Å². The third-order valence-electron chi connectivity index (χ3n) is 2.79. The predicted octanol–water partition coefficient (Wildman–Crippen LogP) is 1.91. The maximum Gasteiger partial charge on any atom is 0.168 e. The zero-order valence-corrected chi connectivity index (χ0v) is 11.3. The number of carbonyl (C=O) groups excluding carboxylic acids is 1. The van der Waals surface area contributed by atoms with Crippen LogP contribution in [0.15, 0.2) is 12.1 Å². The molecule has 0 bridgehead atoms. The number of hydrogen-bond acceptors (Lipinski definition) is 4. The van der Waals surface area contributed by atoms with Gasteiger partial charge < -0.3 is 14.9 Å². The quantitative estimate of drug-likeness (QED) is 0.803. The molecule has 0 fully saturated rings. The summed E-state index contributed by atoms with van der Waals surface area (Å²) in [6.07, 6.45) is 0. The smallest absolute Gasteiger partial charge is 0.168 e. The van der Waals surface area contributed by atoms with Crippen LogP contribution in [0, 0.1) is 5.41 Å². The normalized spacial score (nSPS) is 11.4. The first-order chi connectivity index (χ1) is 8.35. The number of rotatable bonds is 4. The standard InChI is InChI=1S/C14H20O4/c1-14(2,3)13(17)9-5-10(7-15)11(8-16)12(6-9)18-4/h5-6,15-16H,7-8H2,1-4H3. The number of ketones is 1. The SMILES string of the molecule is COc1cc(C(=O)C(C)(C)C)cc(CO)c1CO. The number of ether oxygens (including phenoxy) is 1. The van der Waals surface area contributed by atoms with Crippen LogP contribution < -0.4 is 4.74 Å². The Morgan fingerprint density at radius 3 is 2.22 bits per heavy atom. The van der Waals surface area contributed by atoms with E-state index < -0.39 is 5.41 Å². The molecule has 4 nitrogen and oxygen atoms in total. The summed E-state index contributed by atoms with van der Waals surface area (Å²) in [7, 11) is 1.47. The van der Waals surface area contributed by atoms with Crippen molar-refractivity contribution in [1.29, 1.82) is 0 Å². The van der Waals surface area contributed by atoms with Crippen LogP contribution in [-0.2, 0) is 13.2 Å². The molecule has 0 aliphatic carbocycles. The average Bonchev–Trinajstić information content (AvgIpc) is 2.34. The molecule has 0 heterocycles. The second-order valence-electron chi connectivity index (χ2n) is 5.21. The molecule has 0 atom stereocenters. The molecular weight excluding hydrogens is 232 g/mol. The third-order valence-corrected chi connectivity index (χ3v) is 2.79. The summed E-state index contributed by atoms with van der Waals surface area (Å²) in [5.41, 5.74) is 1.02. The number of aliphatic hydroxyl groups is 2. The van der Waals surface area contributed by atoms with Gasteiger partial charge in [0.1, 0.15) is 5.75 Å². The van der Waals surface area contributed by atoms with E-state index in [1.54, 1.807) is 12.1 Å². The van der Waals surface area contributed by atoms with Gasteiger partial charge in [-0.15, -0.1) is 0 Å². The molecule has 1 aromatic carbocycles. The van der Waals surface area contributed by atoms with Gasteiger partial charge in [-0.1, -0.05) is 20.8 Å². The molecule has 0 saturated carbocycles. The Balaban J connectivity index is 3.36. The lowest BCUT2D eigenvalue weighted by molar-refractivity contribution is 0.0857. The lowest BCUT2D eigenvalue weighted by Crippen LogP contribution is -2.20. The maximum atomic E-state index is 12.2. The van der Waals surface area contributed by atoms with Gasteiger partial charge in [0.05, 0.1) is 20.3 Å². The molecule has 2 N–H and O–H groups in total. The van der Waals surface area contributed by atoms with Crippen LogP contribution in [-0.4, -0.2) is 23.1 Å². The van der Waals surface area contributed by atoms with Crippen molar-refractivity contribution in [2.75, 3.05) is 7.11 Å². The molecular formula is C14H20O4. The minimum Gasteiger partial charge on any atom is -0.496 e. The summed E-state index contributed by atoms with van der Waals surface area (Å²) < 4.78 is 5.16. The Morgan fingerprint density at radius 2 is 1.83 bits per heavy atom. The van der Waals surface area contributed by atoms with E-state index in [9.17, 15) is 15.0 Å². The first-order valence-electron chi connectivity index (χ1n) is 5.81. The van der Waals surface area contributed by atoms with Gasteiger partial charge in [-0.25, -0.2) is 0 Å². The zero-order chi connectivity index (χ0) is 13.9. The molecule has 0 amide bonds. The minimum atomic E-state index is -0.502. The van der Waals surface area contributed by atoms with Crippen molar-refractivity contribution in [3.63, 3.8) is 0 Å². The predicted molar refractivity (Wildman–Crippen MR) is 68.6 cm³/mol. The molecule has 0 aliphatic rings. The summed E-state index contributed by atoms with van der Waals surface area (Å²) in [5.74, 6) is 0.400. The van der Waals surface area contributed by atoms with E-state index in [4.69, 9.17) is 4.74 Å². The van der Waals surface area contributed by atoms with Gasteiger partial charge in [0.15, 0.2) is 5.78 Å². The highest BCUT2D eigenvalue weighted by Crippen LogP contribution is 2.29. The number of Topliss-reactive ketones (excluding diaryl/α,β-unsaturated/α-hetero) is 1. The van der Waals surface area contributed by atoms with Crippen LogP contribution in [0.25, 0.3) is 0 Å². The van der Waals surface area contributed by atoms with E-state index in [2.05, 4.69) is 0 Å². The van der Waals surface area contributed by atoms with Crippen LogP contribution in [0.3, 0.4) is 0 Å². The molecule has 1 aromatic rings. The zero-order valence-electron chi connectivity index (χ0n) is 11.3. The second-order valence-corrected chi connectivity index (χ2v) is 5.21. The minimum absolute atomic E-state index is 0.0278. The Morgan fingerprint density at radius 1 is 1.22 bits per heavy atom. The van der Waals surface area contributed by atoms with Gasteiger partial charge in [0, 0.05) is 16.5 Å². The highest BCUT2D eigenvalue weighted by Gasteiger charge is 2.24. The summed E-state index contributed by atoms with van der Waals surface area (Å²) in [6, 6.07) is 3.22. The average molecular weight is 252 g/mol. The van der Waals surface area contributed by atoms with Crippen molar-refractivity contribution in [3.05, 3.63) is 28.8 Å². The number of hydrogen-bond donors (Lipinski definition) is 2. The van der Waals surface area contributed by atoms with E-state index in [0.29, 0.717) is 22.4 Å². The van der Waals surface area contributed by atoms with Gasteiger partial charge in [0.2, 0.25) is 0 Å². The van der Waals surface area contributed by atoms with Crippen molar-refractivity contribution in [2.45, 2.75) is 34.0 Å². The van der Waals surface area contributed by atoms with Gasteiger partial charge in [0.25, 0.3) is 0 Å². The Labute approximate surface area is 107 Å². The molecule has 0 unspecified atom stereocenters. The lowest BCUT2D eigenvalue weighted by Gasteiger charge is -2.19. The van der Waals surface area contributed by atoms with Crippen LogP contribution in [0.4, 0.5) is 0 Å². The first kappa shape index (κ1) is 14.7. The van der Waals surface area contributed by atoms with E-state index in [-0.39, 0.29) is 19.0 Å². The number of carbonyl (C=O) groups is 1. The van der Waals surface area contributed by atoms with Crippen molar-refractivity contribution < 1.29 is 19.7 Å². The Kier molecular flexibility index (Phi) is 4.48. The summed E-state index contributed by atoms with van der Waals surface area (Å²) in [6.45, 7) is 5.03. The number of methoxy groups -OCH3 is 1. The Hall–Kier alpha value is -1.39. The van der Waals surface area contributed by atoms with E-state index in [1.807, 2.05) is 20.8 Å². The second kappa shape index (κ2) is 5.50. The summed E-state index contributed by atoms with van der Waals surface area (Å²) >= 11 is 0. The molecule has 1 rings (SSSR count). The monoisotopic (exact) mass is 252 g/mol. The molecule has 0 radical (unpaired) electrons. The largest absolute Gasteiger partial charge is 0.496 e. The van der Waals surface area contributed by atoms with Crippen molar-refractivity contribution >= 4 is 5.78 Å². The van der Waals surface area contributed by atoms with Crippen molar-refractivity contribution in [1.82, 2.24) is 0 Å². The fraction of sp³-hybridized carbons (Fsp3) is 0.500. The molecule has 0 spiro atoms. The van der Waals surface area contributed by atoms with Crippen LogP contribution in [0.5, 0.6) is 5.75 Å². The number of benzene rings is 1. The molecule has 0 aliphatic heterocycles. The lowest BCUT2D eigenvalue weighted by atomic mass is 9.85. The van der Waals surface area contributed by atoms with E-state index >= 15 is 0 Å². The molecule has 100 valence electrons. The van der Waals surface area contributed by atoms with Crippen LogP contribution in [0.2, 0.25) is 0 Å². The maximum absolute atomic E-state index is 12.2. The third kappa shape index (κ3) is 2.89. The molecule has 4 heteroatoms. The fourth-order valence-electron chi connectivity index (χ4n) is 1.77. The van der Waals surface area contributed by atoms with Gasteiger partial charge in [-0.2, -0.15) is 0 Å². The van der Waals surface area contributed by atoms with E-state index in [1.165, 1.54) is 7.11 Å². The highest BCUT2D eigenvalue weighted by atomic mass is 16.5. The molecule has 18 heavy (non-hydrogen) atoms. The summed E-state index contributed by atoms with van der Waals surface area (Å²) in [5, 5.41) is 18.6. The molecule has 0 saturated heterocycles. The van der Waals surface area contributed by atoms with Gasteiger partial charge in [-0.3, -0.25) is 4.79 Å². The van der Waals surface area contributed by atoms with Crippen molar-refractivity contribution in [3.8, 4) is 5.75 Å². The van der Waals surface area contributed by atoms with Gasteiger partial charge >= 0.3 is 0 Å². The topological polar surface area (TPSA) is 66.8 Å². The first-order valence-corrected chi connectivity index (χ1v) is 5.81. The van der Waals surface area contributed by atoms with E-state index in [0.717, 1.165) is 0 Å². The summed E-state index contributed by atoms with van der Waals surface area (Å²) in [4.78, 5) is 12.2. The number of aliphatic hydroxyl groups excluding tert-OH is 2. The fourth-order valence-corrected chi connectivity index (χ4v) is 1.77.